The lowest BCUT2D eigenvalue weighted by Gasteiger charge is -2.06. The Morgan fingerprint density at radius 3 is 2.62 bits per heavy atom. The number of hydrazone groups is 1. The second kappa shape index (κ2) is 7.55. The Kier molecular flexibility index (Phi) is 5.46. The molecular weight excluding hydrogens is 286 g/mol. The summed E-state index contributed by atoms with van der Waals surface area (Å²) in [5.74, 6) is -0.273. The number of amides is 1. The Morgan fingerprint density at radius 1 is 1.24 bits per heavy atom. The summed E-state index contributed by atoms with van der Waals surface area (Å²) in [5.41, 5.74) is 4.83. The van der Waals surface area contributed by atoms with Crippen LogP contribution in [-0.4, -0.2) is 16.6 Å². The number of pyridine rings is 1. The zero-order chi connectivity index (χ0) is 15.1. The zero-order valence-corrected chi connectivity index (χ0v) is 12.5. The first-order valence-corrected chi connectivity index (χ1v) is 7.11. The lowest BCUT2D eigenvalue weighted by Crippen LogP contribution is -2.20. The topological polar surface area (TPSA) is 54.4 Å². The maximum absolute atomic E-state index is 12.0. The van der Waals surface area contributed by atoms with Crippen molar-refractivity contribution in [2.75, 3.05) is 0 Å². The Morgan fingerprint density at radius 2 is 2.00 bits per heavy atom. The number of nitrogens with one attached hydrogen (secondary N) is 1. The molecule has 0 spiro atoms. The minimum Gasteiger partial charge on any atom is -0.267 e. The number of hydrogen-bond acceptors (Lipinski definition) is 3. The van der Waals surface area contributed by atoms with Crippen molar-refractivity contribution in [1.29, 1.82) is 0 Å². The molecule has 0 fully saturated rings. The monoisotopic (exact) mass is 301 g/mol. The van der Waals surface area contributed by atoms with Crippen LogP contribution in [0.3, 0.4) is 0 Å². The number of carbonyl (C=O) groups is 1. The first-order valence-electron chi connectivity index (χ1n) is 6.73. The van der Waals surface area contributed by atoms with E-state index in [4.69, 9.17) is 11.6 Å². The quantitative estimate of drug-likeness (QED) is 0.676. The van der Waals surface area contributed by atoms with Gasteiger partial charge in [-0.1, -0.05) is 37.1 Å². The van der Waals surface area contributed by atoms with Crippen molar-refractivity contribution in [1.82, 2.24) is 10.4 Å². The third kappa shape index (κ3) is 4.39. The van der Waals surface area contributed by atoms with E-state index in [9.17, 15) is 4.79 Å². The van der Waals surface area contributed by atoms with E-state index in [1.54, 1.807) is 18.3 Å². The molecule has 1 heterocycles. The van der Waals surface area contributed by atoms with Crippen LogP contribution >= 0.6 is 11.6 Å². The van der Waals surface area contributed by atoms with Gasteiger partial charge in [0, 0.05) is 17.4 Å². The number of rotatable bonds is 5. The van der Waals surface area contributed by atoms with Gasteiger partial charge in [0.2, 0.25) is 0 Å². The summed E-state index contributed by atoms with van der Waals surface area (Å²) < 4.78 is 0. The van der Waals surface area contributed by atoms with Crippen molar-refractivity contribution in [2.24, 2.45) is 5.10 Å². The van der Waals surface area contributed by atoms with Gasteiger partial charge >= 0.3 is 0 Å². The summed E-state index contributed by atoms with van der Waals surface area (Å²) in [4.78, 5) is 15.9. The van der Waals surface area contributed by atoms with Crippen molar-refractivity contribution in [2.45, 2.75) is 19.8 Å². The van der Waals surface area contributed by atoms with Gasteiger partial charge in [0.05, 0.1) is 11.3 Å². The molecule has 0 saturated carbocycles. The fourth-order valence-electron chi connectivity index (χ4n) is 1.82. The first-order chi connectivity index (χ1) is 10.2. The van der Waals surface area contributed by atoms with Gasteiger partial charge < -0.3 is 0 Å². The number of aromatic nitrogens is 1. The van der Waals surface area contributed by atoms with Gasteiger partial charge in [-0.25, -0.2) is 5.43 Å². The van der Waals surface area contributed by atoms with Gasteiger partial charge in [-0.05, 0) is 36.2 Å². The highest BCUT2D eigenvalue weighted by molar-refractivity contribution is 6.30. The standard InChI is InChI=1S/C16H16ClN3O/c1-2-4-15(12-6-8-14(17)9-7-12)19-20-16(21)13-5-3-10-18-11-13/h3,5-11H,2,4H2,1H3,(H,20,21)/b19-15-. The number of benzene rings is 1. The van der Waals surface area contributed by atoms with Crippen molar-refractivity contribution in [3.05, 3.63) is 64.9 Å². The zero-order valence-electron chi connectivity index (χ0n) is 11.7. The van der Waals surface area contributed by atoms with Crippen molar-refractivity contribution < 1.29 is 4.79 Å². The molecule has 0 saturated heterocycles. The van der Waals surface area contributed by atoms with E-state index in [-0.39, 0.29) is 5.91 Å². The molecule has 2 aromatic rings. The summed E-state index contributed by atoms with van der Waals surface area (Å²) in [5, 5.41) is 4.91. The fourth-order valence-corrected chi connectivity index (χ4v) is 1.95. The smallest absolute Gasteiger partial charge is 0.267 e. The second-order valence-corrected chi connectivity index (χ2v) is 4.93. The van der Waals surface area contributed by atoms with Crippen LogP contribution in [0.1, 0.15) is 35.7 Å². The molecule has 21 heavy (non-hydrogen) atoms. The van der Waals surface area contributed by atoms with E-state index in [0.717, 1.165) is 24.1 Å². The van der Waals surface area contributed by atoms with E-state index in [1.807, 2.05) is 24.3 Å². The van der Waals surface area contributed by atoms with Crippen molar-refractivity contribution >= 4 is 23.2 Å². The number of hydrogen-bond donors (Lipinski definition) is 1. The average molecular weight is 302 g/mol. The molecule has 0 aliphatic carbocycles. The molecule has 2 rings (SSSR count). The van der Waals surface area contributed by atoms with Crippen molar-refractivity contribution in [3.63, 3.8) is 0 Å². The molecule has 1 aromatic heterocycles. The Bertz CT molecular complexity index is 624. The lowest BCUT2D eigenvalue weighted by molar-refractivity contribution is 0.0954. The normalized spacial score (nSPS) is 11.2. The van der Waals surface area contributed by atoms with Crippen LogP contribution in [0.25, 0.3) is 0 Å². The maximum Gasteiger partial charge on any atom is 0.272 e. The number of halogens is 1. The van der Waals surface area contributed by atoms with Gasteiger partial charge in [-0.15, -0.1) is 0 Å². The molecule has 0 radical (unpaired) electrons. The van der Waals surface area contributed by atoms with Gasteiger partial charge in [0.15, 0.2) is 0 Å². The van der Waals surface area contributed by atoms with Crippen LogP contribution in [0.2, 0.25) is 5.02 Å². The predicted molar refractivity (Wildman–Crippen MR) is 84.6 cm³/mol. The highest BCUT2D eigenvalue weighted by Gasteiger charge is 2.06. The van der Waals surface area contributed by atoms with Gasteiger partial charge in [-0.3, -0.25) is 9.78 Å². The van der Waals surface area contributed by atoms with Gasteiger partial charge in [0.1, 0.15) is 0 Å². The first kappa shape index (κ1) is 15.2. The fraction of sp³-hybridized carbons (Fsp3) is 0.188. The third-order valence-corrected chi connectivity index (χ3v) is 3.13. The van der Waals surface area contributed by atoms with Crippen LogP contribution in [0, 0.1) is 0 Å². The van der Waals surface area contributed by atoms with E-state index in [0.29, 0.717) is 10.6 Å². The second-order valence-electron chi connectivity index (χ2n) is 4.50. The highest BCUT2D eigenvalue weighted by atomic mass is 35.5. The average Bonchev–Trinajstić information content (AvgIpc) is 2.53. The van der Waals surface area contributed by atoms with Crippen LogP contribution in [0.15, 0.2) is 53.9 Å². The summed E-state index contributed by atoms with van der Waals surface area (Å²) in [6, 6.07) is 10.8. The number of carbonyl (C=O) groups excluding carboxylic acids is 1. The van der Waals surface area contributed by atoms with Crippen molar-refractivity contribution in [3.8, 4) is 0 Å². The Balaban J connectivity index is 2.14. The molecule has 0 atom stereocenters. The summed E-state index contributed by atoms with van der Waals surface area (Å²) in [6.07, 6.45) is 4.84. The molecule has 108 valence electrons. The van der Waals surface area contributed by atoms with Crippen LogP contribution in [0.5, 0.6) is 0 Å². The molecule has 1 amide bonds. The summed E-state index contributed by atoms with van der Waals surface area (Å²) >= 11 is 5.88. The van der Waals surface area contributed by atoms with Crippen LogP contribution in [0.4, 0.5) is 0 Å². The van der Waals surface area contributed by atoms with E-state index in [2.05, 4.69) is 22.4 Å². The molecule has 1 N–H and O–H groups in total. The molecule has 0 bridgehead atoms. The van der Waals surface area contributed by atoms with E-state index < -0.39 is 0 Å². The SMILES string of the molecule is CCC/C(=N/NC(=O)c1cccnc1)c1ccc(Cl)cc1. The highest BCUT2D eigenvalue weighted by Crippen LogP contribution is 2.12. The molecule has 4 nitrogen and oxygen atoms in total. The molecule has 0 unspecified atom stereocenters. The van der Waals surface area contributed by atoms with E-state index in [1.165, 1.54) is 6.20 Å². The maximum atomic E-state index is 12.0. The molecule has 1 aromatic carbocycles. The molecule has 0 aliphatic rings. The van der Waals surface area contributed by atoms with Gasteiger partial charge in [-0.2, -0.15) is 5.10 Å². The van der Waals surface area contributed by atoms with E-state index >= 15 is 0 Å². The van der Waals surface area contributed by atoms with Gasteiger partial charge in [0.25, 0.3) is 5.91 Å². The minimum absolute atomic E-state index is 0.273. The molecular formula is C16H16ClN3O. The summed E-state index contributed by atoms with van der Waals surface area (Å²) in [7, 11) is 0. The third-order valence-electron chi connectivity index (χ3n) is 2.88. The Labute approximate surface area is 128 Å². The lowest BCUT2D eigenvalue weighted by atomic mass is 10.1. The Hall–Kier alpha value is -2.20. The molecule has 0 aliphatic heterocycles. The largest absolute Gasteiger partial charge is 0.272 e. The van der Waals surface area contributed by atoms with Crippen LogP contribution < -0.4 is 5.43 Å². The summed E-state index contributed by atoms with van der Waals surface area (Å²) in [6.45, 7) is 2.06. The predicted octanol–water partition coefficient (Wildman–Crippen LogP) is 3.67. The molecule has 5 heteroatoms. The number of nitrogens with zero attached hydrogens (tertiary/aromatic N) is 2. The van der Waals surface area contributed by atoms with Crippen LogP contribution in [-0.2, 0) is 0 Å². The minimum atomic E-state index is -0.273.